The van der Waals surface area contributed by atoms with Gasteiger partial charge in [-0.25, -0.2) is 9.78 Å². The molecule has 2 N–H and O–H groups in total. The number of aromatic nitrogens is 1. The first-order valence-electron chi connectivity index (χ1n) is 6.98. The number of rotatable bonds is 8. The first-order valence-corrected chi connectivity index (χ1v) is 6.98. The first-order chi connectivity index (χ1) is 9.91. The molecule has 116 valence electrons. The molecule has 1 heterocycles. The summed E-state index contributed by atoms with van der Waals surface area (Å²) in [5.74, 6) is -0.785. The molecule has 0 saturated carbocycles. The quantitative estimate of drug-likeness (QED) is 0.715. The summed E-state index contributed by atoms with van der Waals surface area (Å²) in [5.41, 5.74) is 0.631. The summed E-state index contributed by atoms with van der Waals surface area (Å²) >= 11 is 0. The van der Waals surface area contributed by atoms with Crippen LogP contribution in [0.3, 0.4) is 0 Å². The molecule has 0 aliphatic heterocycles. The number of aromatic carboxylic acids is 1. The smallest absolute Gasteiger partial charge is 0.337 e. The number of hydrogen-bond donors (Lipinski definition) is 2. The van der Waals surface area contributed by atoms with Crippen LogP contribution in [-0.4, -0.2) is 41.7 Å². The van der Waals surface area contributed by atoms with E-state index in [9.17, 15) is 9.59 Å². The second-order valence-electron chi connectivity index (χ2n) is 5.19. The normalized spacial score (nSPS) is 10.7. The molecule has 6 heteroatoms. The molecular formula is C15H22N2O4. The van der Waals surface area contributed by atoms with Crippen molar-refractivity contribution < 1.29 is 19.4 Å². The zero-order valence-electron chi connectivity index (χ0n) is 12.7. The molecule has 0 unspecified atom stereocenters. The van der Waals surface area contributed by atoms with Crippen LogP contribution < -0.4 is 5.32 Å². The zero-order valence-corrected chi connectivity index (χ0v) is 12.7. The molecule has 0 spiro atoms. The van der Waals surface area contributed by atoms with Crippen molar-refractivity contribution in [1.29, 1.82) is 0 Å². The number of carboxylic acids is 1. The van der Waals surface area contributed by atoms with Crippen LogP contribution in [0.25, 0.3) is 0 Å². The van der Waals surface area contributed by atoms with Gasteiger partial charge < -0.3 is 15.2 Å². The Hall–Kier alpha value is -1.95. The van der Waals surface area contributed by atoms with Gasteiger partial charge in [0.15, 0.2) is 0 Å². The number of ether oxygens (including phenoxy) is 1. The van der Waals surface area contributed by atoms with Crippen LogP contribution in [0.1, 0.15) is 46.8 Å². The summed E-state index contributed by atoms with van der Waals surface area (Å²) in [6, 6.07) is 2.80. The minimum atomic E-state index is -1.05. The molecule has 1 amide bonds. The highest BCUT2D eigenvalue weighted by Crippen LogP contribution is 2.06. The molecule has 0 aliphatic rings. The Morgan fingerprint density at radius 3 is 2.62 bits per heavy atom. The molecule has 0 aliphatic carbocycles. The lowest BCUT2D eigenvalue weighted by Crippen LogP contribution is -2.28. The van der Waals surface area contributed by atoms with E-state index in [1.807, 2.05) is 0 Å². The average molecular weight is 294 g/mol. The Morgan fingerprint density at radius 2 is 2.05 bits per heavy atom. The van der Waals surface area contributed by atoms with E-state index < -0.39 is 5.97 Å². The van der Waals surface area contributed by atoms with E-state index in [0.29, 0.717) is 31.4 Å². The Bertz CT molecular complexity index is 500. The number of amides is 1. The van der Waals surface area contributed by atoms with Gasteiger partial charge in [0.1, 0.15) is 5.69 Å². The summed E-state index contributed by atoms with van der Waals surface area (Å²) < 4.78 is 5.39. The molecule has 1 rings (SSSR count). The second-order valence-corrected chi connectivity index (χ2v) is 5.19. The van der Waals surface area contributed by atoms with Crippen LogP contribution in [0.2, 0.25) is 0 Å². The Kier molecular flexibility index (Phi) is 6.81. The maximum atomic E-state index is 11.8. The lowest BCUT2D eigenvalue weighted by atomic mass is 10.1. The van der Waals surface area contributed by atoms with Gasteiger partial charge in [-0.05, 0) is 31.4 Å². The minimum absolute atomic E-state index is 0.101. The van der Waals surface area contributed by atoms with Gasteiger partial charge in [-0.2, -0.15) is 0 Å². The van der Waals surface area contributed by atoms with Gasteiger partial charge in [0.2, 0.25) is 0 Å². The van der Waals surface area contributed by atoms with Crippen molar-refractivity contribution in [1.82, 2.24) is 10.3 Å². The molecule has 0 aromatic carbocycles. The van der Waals surface area contributed by atoms with E-state index in [0.717, 1.165) is 6.42 Å². The van der Waals surface area contributed by atoms with Gasteiger partial charge in [-0.1, -0.05) is 13.8 Å². The van der Waals surface area contributed by atoms with Gasteiger partial charge in [-0.3, -0.25) is 4.79 Å². The third kappa shape index (κ3) is 5.91. The topological polar surface area (TPSA) is 88.5 Å². The number of carboxylic acid groups (broad SMARTS) is 1. The molecule has 0 atom stereocenters. The van der Waals surface area contributed by atoms with Crippen LogP contribution in [0.15, 0.2) is 12.1 Å². The minimum Gasteiger partial charge on any atom is -0.478 e. The number of carbonyl (C=O) groups is 2. The lowest BCUT2D eigenvalue weighted by molar-refractivity contribution is 0.0694. The molecule has 1 aromatic rings. The molecular weight excluding hydrogens is 272 g/mol. The standard InChI is InChI=1S/C15H22N2O4/c1-10(2)6-8-21-9-7-16-14(18)13-5-4-12(15(19)20)11(3)17-13/h4-5,10H,6-9H2,1-3H3,(H,16,18)(H,19,20). The number of pyridine rings is 1. The third-order valence-electron chi connectivity index (χ3n) is 2.92. The van der Waals surface area contributed by atoms with Crippen molar-refractivity contribution in [2.75, 3.05) is 19.8 Å². The molecule has 0 bridgehead atoms. The highest BCUT2D eigenvalue weighted by Gasteiger charge is 2.12. The Labute approximate surface area is 124 Å². The van der Waals surface area contributed by atoms with E-state index in [2.05, 4.69) is 24.1 Å². The summed E-state index contributed by atoms with van der Waals surface area (Å²) in [6.45, 7) is 7.34. The van der Waals surface area contributed by atoms with Crippen molar-refractivity contribution in [2.45, 2.75) is 27.2 Å². The van der Waals surface area contributed by atoms with E-state index in [-0.39, 0.29) is 17.2 Å². The SMILES string of the molecule is Cc1nc(C(=O)NCCOCCC(C)C)ccc1C(=O)O. The maximum absolute atomic E-state index is 11.8. The van der Waals surface area contributed by atoms with Crippen LogP contribution >= 0.6 is 0 Å². The second kappa shape index (κ2) is 8.36. The van der Waals surface area contributed by atoms with Gasteiger partial charge in [0.25, 0.3) is 5.91 Å². The van der Waals surface area contributed by atoms with Crippen molar-refractivity contribution in [3.63, 3.8) is 0 Å². The number of hydrogen-bond acceptors (Lipinski definition) is 4. The van der Waals surface area contributed by atoms with Gasteiger partial charge >= 0.3 is 5.97 Å². The highest BCUT2D eigenvalue weighted by molar-refractivity contribution is 5.94. The number of nitrogens with zero attached hydrogens (tertiary/aromatic N) is 1. The summed E-state index contributed by atoms with van der Waals surface area (Å²) in [6.07, 6.45) is 0.991. The predicted molar refractivity (Wildman–Crippen MR) is 78.5 cm³/mol. The molecule has 1 aromatic heterocycles. The van der Waals surface area contributed by atoms with Crippen LogP contribution in [0, 0.1) is 12.8 Å². The molecule has 0 saturated heterocycles. The number of aryl methyl sites for hydroxylation is 1. The van der Waals surface area contributed by atoms with Gasteiger partial charge in [0, 0.05) is 13.2 Å². The van der Waals surface area contributed by atoms with Crippen molar-refractivity contribution >= 4 is 11.9 Å². The number of nitrogens with one attached hydrogen (secondary N) is 1. The monoisotopic (exact) mass is 294 g/mol. The predicted octanol–water partition coefficient (Wildman–Crippen LogP) is 1.88. The largest absolute Gasteiger partial charge is 0.478 e. The lowest BCUT2D eigenvalue weighted by Gasteiger charge is -2.08. The van der Waals surface area contributed by atoms with Crippen LogP contribution in [0.4, 0.5) is 0 Å². The fourth-order valence-electron chi connectivity index (χ4n) is 1.66. The number of carbonyl (C=O) groups excluding carboxylic acids is 1. The van der Waals surface area contributed by atoms with Crippen LogP contribution in [0.5, 0.6) is 0 Å². The van der Waals surface area contributed by atoms with Gasteiger partial charge in [-0.15, -0.1) is 0 Å². The highest BCUT2D eigenvalue weighted by atomic mass is 16.5. The fourth-order valence-corrected chi connectivity index (χ4v) is 1.66. The van der Waals surface area contributed by atoms with Crippen molar-refractivity contribution in [3.05, 3.63) is 29.1 Å². The van der Waals surface area contributed by atoms with Crippen molar-refractivity contribution in [2.24, 2.45) is 5.92 Å². The maximum Gasteiger partial charge on any atom is 0.337 e. The molecule has 21 heavy (non-hydrogen) atoms. The van der Waals surface area contributed by atoms with Crippen LogP contribution in [-0.2, 0) is 4.74 Å². The zero-order chi connectivity index (χ0) is 15.8. The third-order valence-corrected chi connectivity index (χ3v) is 2.92. The van der Waals surface area contributed by atoms with E-state index >= 15 is 0 Å². The Balaban J connectivity index is 2.39. The molecule has 0 fully saturated rings. The van der Waals surface area contributed by atoms with Gasteiger partial charge in [0.05, 0.1) is 17.9 Å². The molecule has 6 nitrogen and oxygen atoms in total. The first kappa shape index (κ1) is 17.1. The molecule has 0 radical (unpaired) electrons. The summed E-state index contributed by atoms with van der Waals surface area (Å²) in [7, 11) is 0. The fraction of sp³-hybridized carbons (Fsp3) is 0.533. The average Bonchev–Trinajstić information content (AvgIpc) is 2.41. The van der Waals surface area contributed by atoms with E-state index in [1.165, 1.54) is 12.1 Å². The summed E-state index contributed by atoms with van der Waals surface area (Å²) in [5, 5.41) is 11.6. The summed E-state index contributed by atoms with van der Waals surface area (Å²) in [4.78, 5) is 26.7. The Morgan fingerprint density at radius 1 is 1.33 bits per heavy atom. The van der Waals surface area contributed by atoms with E-state index in [4.69, 9.17) is 9.84 Å². The van der Waals surface area contributed by atoms with E-state index in [1.54, 1.807) is 6.92 Å². The van der Waals surface area contributed by atoms with Crippen molar-refractivity contribution in [3.8, 4) is 0 Å².